The van der Waals surface area contributed by atoms with Gasteiger partial charge in [-0.1, -0.05) is 6.07 Å². The summed E-state index contributed by atoms with van der Waals surface area (Å²) in [6, 6.07) is 4.63. The Labute approximate surface area is 102 Å². The lowest BCUT2D eigenvalue weighted by Gasteiger charge is -2.13. The zero-order valence-corrected chi connectivity index (χ0v) is 10.8. The van der Waals surface area contributed by atoms with Crippen molar-refractivity contribution in [3.05, 3.63) is 23.8 Å². The van der Waals surface area contributed by atoms with Crippen molar-refractivity contribution in [3.8, 4) is 11.5 Å². The van der Waals surface area contributed by atoms with Crippen LogP contribution in [0.2, 0.25) is 0 Å². The first-order valence-corrected chi connectivity index (χ1v) is 6.62. The van der Waals surface area contributed by atoms with Crippen LogP contribution in [0.3, 0.4) is 0 Å². The van der Waals surface area contributed by atoms with Crippen molar-refractivity contribution in [2.75, 3.05) is 19.5 Å². The molecule has 0 unspecified atom stereocenters. The Morgan fingerprint density at radius 1 is 1.35 bits per heavy atom. The van der Waals surface area contributed by atoms with E-state index in [1.54, 1.807) is 25.3 Å². The van der Waals surface area contributed by atoms with Crippen molar-refractivity contribution in [1.29, 1.82) is 0 Å². The molecule has 1 atom stereocenters. The summed E-state index contributed by atoms with van der Waals surface area (Å²) in [5, 5.41) is 0. The average molecular weight is 259 g/mol. The second-order valence-corrected chi connectivity index (χ2v) is 4.50. The molecule has 1 aromatic carbocycles. The lowest BCUT2D eigenvalue weighted by Crippen LogP contribution is -2.16. The maximum Gasteiger partial charge on any atom is 0.161 e. The van der Waals surface area contributed by atoms with Gasteiger partial charge in [0.25, 0.3) is 0 Å². The topological polar surface area (TPSA) is 78.6 Å². The fourth-order valence-electron chi connectivity index (χ4n) is 1.46. The number of rotatable bonds is 6. The summed E-state index contributed by atoms with van der Waals surface area (Å²) < 4.78 is 31.8. The van der Waals surface area contributed by atoms with Gasteiger partial charge in [-0.15, -0.1) is 0 Å². The first-order valence-electron chi connectivity index (χ1n) is 5.26. The fraction of sp³-hybridized carbons (Fsp3) is 0.455. The minimum atomic E-state index is -2.49. The van der Waals surface area contributed by atoms with Gasteiger partial charge >= 0.3 is 0 Å². The summed E-state index contributed by atoms with van der Waals surface area (Å²) in [5.41, 5.74) is 6.49. The van der Waals surface area contributed by atoms with Crippen LogP contribution in [0.1, 0.15) is 18.5 Å². The third-order valence-electron chi connectivity index (χ3n) is 2.26. The number of hydrogen-bond acceptors (Lipinski definition) is 5. The number of ether oxygens (including phenoxy) is 2. The highest BCUT2D eigenvalue weighted by atomic mass is 32.2. The number of nitrogens with two attached hydrogens (primary N) is 1. The molecule has 0 bridgehead atoms. The van der Waals surface area contributed by atoms with Crippen LogP contribution < -0.4 is 15.2 Å². The predicted octanol–water partition coefficient (Wildman–Crippen LogP) is 0.705. The normalized spacial score (nSPS) is 12.5. The lowest BCUT2D eigenvalue weighted by atomic mass is 10.1. The minimum absolute atomic E-state index is 0.0762. The molecule has 0 aliphatic heterocycles. The molecule has 0 saturated carbocycles. The van der Waals surface area contributed by atoms with Gasteiger partial charge in [-0.3, -0.25) is 0 Å². The molecule has 96 valence electrons. The molecule has 0 heterocycles. The maximum absolute atomic E-state index is 10.6. The lowest BCUT2D eigenvalue weighted by molar-refractivity contribution is 0.310. The Bertz CT molecular complexity index is 437. The van der Waals surface area contributed by atoms with Gasteiger partial charge in [-0.25, -0.2) is 8.42 Å². The molecule has 1 aromatic rings. The molecule has 6 heteroatoms. The number of hydrogen-bond donors (Lipinski definition) is 2. The summed E-state index contributed by atoms with van der Waals surface area (Å²) in [5.74, 6) is 1.10. The summed E-state index contributed by atoms with van der Waals surface area (Å²) in [6.07, 6.45) is 0. The standard InChI is InChI=1S/C11H17NO4S/c1-3-16-11-6-8(4-5-10(11)15-2)9(12)7-17(13)14/h4-6,9,17H,3,7,12H2,1-2H3/t9-/m0/s1. The molecule has 5 nitrogen and oxygen atoms in total. The highest BCUT2D eigenvalue weighted by molar-refractivity contribution is 7.72. The molecule has 0 amide bonds. The van der Waals surface area contributed by atoms with Crippen LogP contribution in [0.5, 0.6) is 11.5 Å². The number of benzene rings is 1. The van der Waals surface area contributed by atoms with Gasteiger partial charge < -0.3 is 15.2 Å². The van der Waals surface area contributed by atoms with Crippen LogP contribution in [-0.4, -0.2) is 27.9 Å². The second-order valence-electron chi connectivity index (χ2n) is 3.47. The smallest absolute Gasteiger partial charge is 0.161 e. The zero-order valence-electron chi connectivity index (χ0n) is 9.88. The predicted molar refractivity (Wildman–Crippen MR) is 66.3 cm³/mol. The molecule has 0 aromatic heterocycles. The van der Waals surface area contributed by atoms with E-state index in [-0.39, 0.29) is 5.75 Å². The SMILES string of the molecule is CCOc1cc([C@@H](N)C[SH](=O)=O)ccc1OC. The summed E-state index contributed by atoms with van der Waals surface area (Å²) in [7, 11) is -0.942. The van der Waals surface area contributed by atoms with Crippen LogP contribution in [0.25, 0.3) is 0 Å². The first-order chi connectivity index (χ1) is 8.08. The van der Waals surface area contributed by atoms with Crippen molar-refractivity contribution in [2.45, 2.75) is 13.0 Å². The Kier molecular flexibility index (Phi) is 5.24. The Hall–Kier alpha value is -1.27. The second kappa shape index (κ2) is 6.46. The average Bonchev–Trinajstić information content (AvgIpc) is 2.28. The van der Waals surface area contributed by atoms with Crippen molar-refractivity contribution >= 4 is 10.7 Å². The Balaban J connectivity index is 2.98. The maximum atomic E-state index is 10.6. The quantitative estimate of drug-likeness (QED) is 0.735. The van der Waals surface area contributed by atoms with Crippen molar-refractivity contribution < 1.29 is 17.9 Å². The van der Waals surface area contributed by atoms with Gasteiger partial charge in [-0.2, -0.15) is 0 Å². The third-order valence-corrected chi connectivity index (χ3v) is 2.95. The van der Waals surface area contributed by atoms with Crippen LogP contribution in [0, 0.1) is 0 Å². The van der Waals surface area contributed by atoms with Crippen LogP contribution in [0.4, 0.5) is 0 Å². The van der Waals surface area contributed by atoms with E-state index < -0.39 is 16.7 Å². The van der Waals surface area contributed by atoms with E-state index in [9.17, 15) is 8.42 Å². The minimum Gasteiger partial charge on any atom is -0.493 e. The summed E-state index contributed by atoms with van der Waals surface area (Å²) in [4.78, 5) is 0. The molecule has 0 radical (unpaired) electrons. The highest BCUT2D eigenvalue weighted by Gasteiger charge is 2.11. The van der Waals surface area contributed by atoms with Gasteiger partial charge in [0.2, 0.25) is 0 Å². The van der Waals surface area contributed by atoms with Gasteiger partial charge in [-0.05, 0) is 24.6 Å². The molecule has 0 aliphatic rings. The molecule has 1 rings (SSSR count). The zero-order chi connectivity index (χ0) is 12.8. The molecule has 0 aliphatic carbocycles. The first kappa shape index (κ1) is 13.8. The Morgan fingerprint density at radius 2 is 2.06 bits per heavy atom. The van der Waals surface area contributed by atoms with Gasteiger partial charge in [0.1, 0.15) is 10.7 Å². The van der Waals surface area contributed by atoms with E-state index in [1.165, 1.54) is 0 Å². The Morgan fingerprint density at radius 3 is 2.59 bits per heavy atom. The van der Waals surface area contributed by atoms with Crippen molar-refractivity contribution in [2.24, 2.45) is 5.73 Å². The molecule has 0 fully saturated rings. The van der Waals surface area contributed by atoms with E-state index >= 15 is 0 Å². The fourth-order valence-corrected chi connectivity index (χ4v) is 1.99. The van der Waals surface area contributed by atoms with Crippen molar-refractivity contribution in [3.63, 3.8) is 0 Å². The summed E-state index contributed by atoms with van der Waals surface area (Å²) in [6.45, 7) is 2.37. The molecule has 2 N–H and O–H groups in total. The molecular weight excluding hydrogens is 242 g/mol. The summed E-state index contributed by atoms with van der Waals surface area (Å²) >= 11 is 0. The molecule has 0 saturated heterocycles. The third kappa shape index (κ3) is 3.90. The molecule has 17 heavy (non-hydrogen) atoms. The van der Waals surface area contributed by atoms with E-state index in [0.29, 0.717) is 23.7 Å². The van der Waals surface area contributed by atoms with Crippen molar-refractivity contribution in [1.82, 2.24) is 0 Å². The highest BCUT2D eigenvalue weighted by Crippen LogP contribution is 2.29. The van der Waals surface area contributed by atoms with E-state index in [0.717, 1.165) is 0 Å². The van der Waals surface area contributed by atoms with Crippen LogP contribution in [-0.2, 0) is 10.7 Å². The number of methoxy groups -OCH3 is 1. The van der Waals surface area contributed by atoms with Gasteiger partial charge in [0.05, 0.1) is 19.5 Å². The van der Waals surface area contributed by atoms with E-state index in [1.807, 2.05) is 6.92 Å². The molecular formula is C11H17NO4S. The molecule has 0 spiro atoms. The largest absolute Gasteiger partial charge is 0.493 e. The van der Waals surface area contributed by atoms with Gasteiger partial charge in [0, 0.05) is 6.04 Å². The van der Waals surface area contributed by atoms with E-state index in [2.05, 4.69) is 0 Å². The number of thiol groups is 1. The van der Waals surface area contributed by atoms with Crippen LogP contribution >= 0.6 is 0 Å². The van der Waals surface area contributed by atoms with Gasteiger partial charge in [0.15, 0.2) is 11.5 Å². The van der Waals surface area contributed by atoms with Crippen LogP contribution in [0.15, 0.2) is 18.2 Å². The monoisotopic (exact) mass is 259 g/mol. The van der Waals surface area contributed by atoms with E-state index in [4.69, 9.17) is 15.2 Å².